The molecule has 0 aromatic rings. The summed E-state index contributed by atoms with van der Waals surface area (Å²) in [6.07, 6.45) is 9.80. The lowest BCUT2D eigenvalue weighted by molar-refractivity contribution is 0.279. The first-order chi connectivity index (χ1) is 8.80. The Balaban J connectivity index is 2.14. The van der Waals surface area contributed by atoms with E-state index in [-0.39, 0.29) is 0 Å². The minimum Gasteiger partial charge on any atom is -0.313 e. The highest BCUT2D eigenvalue weighted by atomic mass is 15.1. The molecule has 108 valence electrons. The highest BCUT2D eigenvalue weighted by Crippen LogP contribution is 2.25. The summed E-state index contributed by atoms with van der Waals surface area (Å²) in [4.78, 5) is 2.55. The molecule has 0 aliphatic heterocycles. The van der Waals surface area contributed by atoms with Crippen molar-refractivity contribution < 1.29 is 0 Å². The second-order valence-electron chi connectivity index (χ2n) is 5.87. The molecule has 2 heteroatoms. The number of nitrogens with zero attached hydrogens (tertiary/aromatic N) is 1. The van der Waals surface area contributed by atoms with Crippen molar-refractivity contribution in [3.05, 3.63) is 0 Å². The molecule has 18 heavy (non-hydrogen) atoms. The zero-order valence-electron chi connectivity index (χ0n) is 12.9. The van der Waals surface area contributed by atoms with Gasteiger partial charge in [0.25, 0.3) is 0 Å². The fraction of sp³-hybridized carbons (Fsp3) is 1.00. The Bertz CT molecular complexity index is 194. The van der Waals surface area contributed by atoms with Gasteiger partial charge in [-0.1, -0.05) is 40.0 Å². The maximum absolute atomic E-state index is 3.79. The molecule has 2 atom stereocenters. The molecule has 0 aromatic heterocycles. The SMILES string of the molecule is CCCN(CC)CCNC1CCCC(CC)CC1. The second-order valence-corrected chi connectivity index (χ2v) is 5.87. The van der Waals surface area contributed by atoms with Crippen LogP contribution in [0.15, 0.2) is 0 Å². The monoisotopic (exact) mass is 254 g/mol. The van der Waals surface area contributed by atoms with Gasteiger partial charge in [-0.05, 0) is 44.7 Å². The molecule has 2 unspecified atom stereocenters. The van der Waals surface area contributed by atoms with Crippen molar-refractivity contribution in [2.75, 3.05) is 26.2 Å². The summed E-state index contributed by atoms with van der Waals surface area (Å²) >= 11 is 0. The molecule has 0 bridgehead atoms. The molecule has 0 radical (unpaired) electrons. The van der Waals surface area contributed by atoms with Gasteiger partial charge < -0.3 is 10.2 Å². The van der Waals surface area contributed by atoms with Gasteiger partial charge in [0.1, 0.15) is 0 Å². The van der Waals surface area contributed by atoms with Crippen LogP contribution in [0.1, 0.15) is 65.7 Å². The van der Waals surface area contributed by atoms with E-state index in [9.17, 15) is 0 Å². The van der Waals surface area contributed by atoms with Gasteiger partial charge in [0, 0.05) is 19.1 Å². The molecule has 0 saturated heterocycles. The lowest BCUT2D eigenvalue weighted by Gasteiger charge is -2.22. The van der Waals surface area contributed by atoms with Crippen LogP contribution in [0.2, 0.25) is 0 Å². The summed E-state index contributed by atoms with van der Waals surface area (Å²) in [5, 5.41) is 3.79. The molecule has 1 fully saturated rings. The van der Waals surface area contributed by atoms with Crippen molar-refractivity contribution in [3.8, 4) is 0 Å². The number of nitrogens with one attached hydrogen (secondary N) is 1. The van der Waals surface area contributed by atoms with Crippen LogP contribution in [-0.2, 0) is 0 Å². The highest BCUT2D eigenvalue weighted by molar-refractivity contribution is 4.75. The Labute approximate surface area is 115 Å². The molecule has 1 saturated carbocycles. The molecule has 0 spiro atoms. The number of likely N-dealkylation sites (N-methyl/N-ethyl adjacent to an activating group) is 1. The number of hydrogen-bond donors (Lipinski definition) is 1. The van der Waals surface area contributed by atoms with Crippen LogP contribution in [0, 0.1) is 5.92 Å². The van der Waals surface area contributed by atoms with Crippen molar-refractivity contribution in [3.63, 3.8) is 0 Å². The van der Waals surface area contributed by atoms with Gasteiger partial charge >= 0.3 is 0 Å². The van der Waals surface area contributed by atoms with E-state index >= 15 is 0 Å². The standard InChI is InChI=1S/C16H34N2/c1-4-13-18(6-3)14-12-17-16-9-7-8-15(5-2)10-11-16/h15-17H,4-14H2,1-3H3. The van der Waals surface area contributed by atoms with Crippen molar-refractivity contribution in [1.82, 2.24) is 10.2 Å². The third kappa shape index (κ3) is 6.19. The Morgan fingerprint density at radius 1 is 1.00 bits per heavy atom. The zero-order valence-corrected chi connectivity index (χ0v) is 12.9. The molecule has 1 rings (SSSR count). The Morgan fingerprint density at radius 2 is 1.83 bits per heavy atom. The van der Waals surface area contributed by atoms with Gasteiger partial charge in [0.15, 0.2) is 0 Å². The van der Waals surface area contributed by atoms with Crippen molar-refractivity contribution in [2.45, 2.75) is 71.8 Å². The van der Waals surface area contributed by atoms with E-state index in [4.69, 9.17) is 0 Å². The van der Waals surface area contributed by atoms with Gasteiger partial charge in [0.05, 0.1) is 0 Å². The maximum atomic E-state index is 3.79. The van der Waals surface area contributed by atoms with Gasteiger partial charge in [-0.2, -0.15) is 0 Å². The van der Waals surface area contributed by atoms with Crippen LogP contribution in [0.4, 0.5) is 0 Å². The maximum Gasteiger partial charge on any atom is 0.0107 e. The highest BCUT2D eigenvalue weighted by Gasteiger charge is 2.17. The van der Waals surface area contributed by atoms with Crippen LogP contribution in [0.25, 0.3) is 0 Å². The van der Waals surface area contributed by atoms with E-state index < -0.39 is 0 Å². The van der Waals surface area contributed by atoms with Crippen molar-refractivity contribution >= 4 is 0 Å². The Hall–Kier alpha value is -0.0800. The fourth-order valence-electron chi connectivity index (χ4n) is 3.16. The summed E-state index contributed by atoms with van der Waals surface area (Å²) < 4.78 is 0. The topological polar surface area (TPSA) is 15.3 Å². The Morgan fingerprint density at radius 3 is 2.50 bits per heavy atom. The zero-order chi connectivity index (χ0) is 13.2. The second kappa shape index (κ2) is 9.80. The quantitative estimate of drug-likeness (QED) is 0.665. The van der Waals surface area contributed by atoms with E-state index in [2.05, 4.69) is 31.0 Å². The molecule has 2 nitrogen and oxygen atoms in total. The van der Waals surface area contributed by atoms with Crippen LogP contribution in [0.3, 0.4) is 0 Å². The van der Waals surface area contributed by atoms with Crippen molar-refractivity contribution in [1.29, 1.82) is 0 Å². The van der Waals surface area contributed by atoms with Crippen LogP contribution < -0.4 is 5.32 Å². The normalized spacial score (nSPS) is 25.3. The van der Waals surface area contributed by atoms with Gasteiger partial charge in [0.2, 0.25) is 0 Å². The summed E-state index contributed by atoms with van der Waals surface area (Å²) in [6, 6.07) is 0.793. The first-order valence-electron chi connectivity index (χ1n) is 8.25. The summed E-state index contributed by atoms with van der Waals surface area (Å²) in [7, 11) is 0. The summed E-state index contributed by atoms with van der Waals surface area (Å²) in [5.74, 6) is 1.00. The fourth-order valence-corrected chi connectivity index (χ4v) is 3.16. The molecule has 1 aliphatic carbocycles. The van der Waals surface area contributed by atoms with E-state index in [0.29, 0.717) is 0 Å². The molecule has 0 heterocycles. The van der Waals surface area contributed by atoms with Gasteiger partial charge in [-0.15, -0.1) is 0 Å². The first kappa shape index (κ1) is 16.0. The number of hydrogen-bond acceptors (Lipinski definition) is 2. The number of rotatable bonds is 8. The van der Waals surface area contributed by atoms with E-state index in [1.54, 1.807) is 0 Å². The van der Waals surface area contributed by atoms with Crippen LogP contribution in [-0.4, -0.2) is 37.1 Å². The van der Waals surface area contributed by atoms with E-state index in [0.717, 1.165) is 12.0 Å². The molecule has 0 aromatic carbocycles. The van der Waals surface area contributed by atoms with Crippen LogP contribution in [0.5, 0.6) is 0 Å². The third-order valence-electron chi connectivity index (χ3n) is 4.51. The predicted molar refractivity (Wildman–Crippen MR) is 81.1 cm³/mol. The van der Waals surface area contributed by atoms with E-state index in [1.165, 1.54) is 71.1 Å². The average molecular weight is 254 g/mol. The lowest BCUT2D eigenvalue weighted by atomic mass is 9.98. The molecular formula is C16H34N2. The minimum atomic E-state index is 0.793. The Kier molecular flexibility index (Phi) is 8.70. The first-order valence-corrected chi connectivity index (χ1v) is 8.25. The predicted octanol–water partition coefficient (Wildman–Crippen LogP) is 3.67. The lowest BCUT2D eigenvalue weighted by Crippen LogP contribution is -2.37. The third-order valence-corrected chi connectivity index (χ3v) is 4.51. The van der Waals surface area contributed by atoms with Crippen LogP contribution >= 0.6 is 0 Å². The van der Waals surface area contributed by atoms with Gasteiger partial charge in [-0.3, -0.25) is 0 Å². The summed E-state index contributed by atoms with van der Waals surface area (Å²) in [5.41, 5.74) is 0. The largest absolute Gasteiger partial charge is 0.313 e. The van der Waals surface area contributed by atoms with E-state index in [1.807, 2.05) is 0 Å². The summed E-state index contributed by atoms with van der Waals surface area (Å²) in [6.45, 7) is 11.7. The molecule has 1 N–H and O–H groups in total. The molecular weight excluding hydrogens is 220 g/mol. The average Bonchev–Trinajstić information content (AvgIpc) is 2.63. The van der Waals surface area contributed by atoms with Gasteiger partial charge in [-0.25, -0.2) is 0 Å². The smallest absolute Gasteiger partial charge is 0.0107 e. The molecule has 0 amide bonds. The molecule has 1 aliphatic rings. The van der Waals surface area contributed by atoms with Crippen molar-refractivity contribution in [2.24, 2.45) is 5.92 Å². The minimum absolute atomic E-state index is 0.793.